The molecule has 0 saturated carbocycles. The Morgan fingerprint density at radius 1 is 1.03 bits per heavy atom. The number of methoxy groups -OCH3 is 1. The van der Waals surface area contributed by atoms with E-state index in [0.29, 0.717) is 11.4 Å². The molecule has 1 atom stereocenters. The Kier molecular flexibility index (Phi) is 6.91. The van der Waals surface area contributed by atoms with Gasteiger partial charge in [-0.15, -0.1) is 0 Å². The number of hydrogen-bond donors (Lipinski definition) is 2. The van der Waals surface area contributed by atoms with Gasteiger partial charge in [-0.3, -0.25) is 4.79 Å². The first-order chi connectivity index (χ1) is 14.3. The Morgan fingerprint density at radius 2 is 1.77 bits per heavy atom. The lowest BCUT2D eigenvalue weighted by Gasteiger charge is -2.22. The predicted octanol–water partition coefficient (Wildman–Crippen LogP) is 4.37. The topological polar surface area (TPSA) is 84.5 Å². The van der Waals surface area contributed by atoms with Crippen molar-refractivity contribution < 1.29 is 17.9 Å². The number of hydrogen-bond acceptors (Lipinski definition) is 5. The van der Waals surface area contributed by atoms with E-state index in [-0.39, 0.29) is 10.8 Å². The molecule has 0 aliphatic rings. The van der Waals surface area contributed by atoms with Crippen LogP contribution in [0.2, 0.25) is 0 Å². The molecule has 0 spiro atoms. The molecular formula is C22H24N2O4S2. The molecule has 0 radical (unpaired) electrons. The number of carbonyl (C=O) groups excluding carboxylic acids is 1. The average Bonchev–Trinajstić information content (AvgIpc) is 3.27. The highest BCUT2D eigenvalue weighted by Crippen LogP contribution is 2.25. The van der Waals surface area contributed by atoms with Crippen LogP contribution in [0.4, 0.5) is 5.69 Å². The third kappa shape index (κ3) is 5.27. The van der Waals surface area contributed by atoms with Crippen molar-refractivity contribution in [2.45, 2.75) is 24.8 Å². The zero-order chi connectivity index (χ0) is 21.7. The predicted molar refractivity (Wildman–Crippen MR) is 120 cm³/mol. The first-order valence-corrected chi connectivity index (χ1v) is 11.8. The Hall–Kier alpha value is -2.68. The van der Waals surface area contributed by atoms with E-state index < -0.39 is 22.0 Å². The molecule has 1 heterocycles. The third-order valence-electron chi connectivity index (χ3n) is 4.59. The maximum absolute atomic E-state index is 12.9. The quantitative estimate of drug-likeness (QED) is 0.540. The molecule has 2 aromatic carbocycles. The van der Waals surface area contributed by atoms with E-state index in [4.69, 9.17) is 4.74 Å². The van der Waals surface area contributed by atoms with Crippen molar-refractivity contribution in [3.63, 3.8) is 0 Å². The van der Waals surface area contributed by atoms with Gasteiger partial charge in [-0.1, -0.05) is 26.0 Å². The summed E-state index contributed by atoms with van der Waals surface area (Å²) in [6.45, 7) is 3.59. The summed E-state index contributed by atoms with van der Waals surface area (Å²) >= 11 is 1.60. The minimum atomic E-state index is -3.88. The lowest BCUT2D eigenvalue weighted by molar-refractivity contribution is -0.118. The van der Waals surface area contributed by atoms with Gasteiger partial charge in [0.1, 0.15) is 11.8 Å². The van der Waals surface area contributed by atoms with E-state index in [0.717, 1.165) is 11.1 Å². The van der Waals surface area contributed by atoms with Crippen LogP contribution in [0.5, 0.6) is 5.75 Å². The molecule has 0 fully saturated rings. The van der Waals surface area contributed by atoms with Gasteiger partial charge in [-0.25, -0.2) is 8.42 Å². The smallest absolute Gasteiger partial charge is 0.242 e. The highest BCUT2D eigenvalue weighted by atomic mass is 32.2. The van der Waals surface area contributed by atoms with Gasteiger partial charge in [0, 0.05) is 5.69 Å². The highest BCUT2D eigenvalue weighted by molar-refractivity contribution is 7.89. The van der Waals surface area contributed by atoms with Crippen LogP contribution in [-0.4, -0.2) is 27.5 Å². The maximum Gasteiger partial charge on any atom is 0.242 e. The number of rotatable bonds is 8. The van der Waals surface area contributed by atoms with Gasteiger partial charge in [-0.05, 0) is 70.3 Å². The van der Waals surface area contributed by atoms with E-state index in [1.165, 1.54) is 19.2 Å². The molecule has 0 aliphatic carbocycles. The van der Waals surface area contributed by atoms with Crippen LogP contribution in [0.3, 0.4) is 0 Å². The molecule has 158 valence electrons. The normalized spacial score (nSPS) is 12.5. The van der Waals surface area contributed by atoms with Crippen LogP contribution in [0.1, 0.15) is 13.8 Å². The number of amides is 1. The number of thiophene rings is 1. The zero-order valence-electron chi connectivity index (χ0n) is 17.0. The van der Waals surface area contributed by atoms with E-state index in [9.17, 15) is 13.2 Å². The molecule has 0 saturated heterocycles. The van der Waals surface area contributed by atoms with Gasteiger partial charge in [0.2, 0.25) is 15.9 Å². The Balaban J connectivity index is 1.77. The zero-order valence-corrected chi connectivity index (χ0v) is 18.6. The van der Waals surface area contributed by atoms with E-state index in [1.807, 2.05) is 35.0 Å². The minimum absolute atomic E-state index is 0.0706. The van der Waals surface area contributed by atoms with Gasteiger partial charge in [0.15, 0.2) is 0 Å². The van der Waals surface area contributed by atoms with Crippen LogP contribution in [0, 0.1) is 5.92 Å². The number of nitrogens with one attached hydrogen (secondary N) is 2. The maximum atomic E-state index is 12.9. The number of ether oxygens (including phenoxy) is 1. The SMILES string of the molecule is COc1ccc(S(=O)(=O)N[C@H](C(=O)Nc2cccc(-c3ccsc3)c2)C(C)C)cc1. The standard InChI is InChI=1S/C22H24N2O4S2/c1-15(2)21(24-30(26,27)20-9-7-19(28-3)8-10-20)22(25)23-18-6-4-5-16(13-18)17-11-12-29-14-17/h4-15,21,24H,1-3H3,(H,23,25)/t21-/m0/s1. The van der Waals surface area contributed by atoms with Gasteiger partial charge in [-0.2, -0.15) is 16.1 Å². The summed E-state index contributed by atoms with van der Waals surface area (Å²) in [5.74, 6) is -0.111. The fourth-order valence-corrected chi connectivity index (χ4v) is 4.92. The van der Waals surface area contributed by atoms with Gasteiger partial charge < -0.3 is 10.1 Å². The molecular weight excluding hydrogens is 420 g/mol. The number of sulfonamides is 1. The highest BCUT2D eigenvalue weighted by Gasteiger charge is 2.28. The first kappa shape index (κ1) is 22.0. The molecule has 1 aromatic heterocycles. The summed E-state index contributed by atoms with van der Waals surface area (Å²) in [6, 6.07) is 14.6. The molecule has 0 bridgehead atoms. The van der Waals surface area contributed by atoms with Crippen LogP contribution in [-0.2, 0) is 14.8 Å². The monoisotopic (exact) mass is 444 g/mol. The van der Waals surface area contributed by atoms with Crippen molar-refractivity contribution in [2.24, 2.45) is 5.92 Å². The van der Waals surface area contributed by atoms with Crippen molar-refractivity contribution in [3.8, 4) is 16.9 Å². The second kappa shape index (κ2) is 9.42. The second-order valence-electron chi connectivity index (χ2n) is 7.10. The van der Waals surface area contributed by atoms with E-state index in [1.54, 1.807) is 43.4 Å². The van der Waals surface area contributed by atoms with Crippen LogP contribution in [0.15, 0.2) is 70.3 Å². The van der Waals surface area contributed by atoms with Gasteiger partial charge >= 0.3 is 0 Å². The van der Waals surface area contributed by atoms with Crippen molar-refractivity contribution >= 4 is 33.0 Å². The summed E-state index contributed by atoms with van der Waals surface area (Å²) in [4.78, 5) is 13.0. The van der Waals surface area contributed by atoms with Crippen molar-refractivity contribution in [1.82, 2.24) is 4.72 Å². The lowest BCUT2D eigenvalue weighted by atomic mass is 10.0. The molecule has 30 heavy (non-hydrogen) atoms. The largest absolute Gasteiger partial charge is 0.497 e. The summed E-state index contributed by atoms with van der Waals surface area (Å²) in [5, 5.41) is 6.85. The first-order valence-electron chi connectivity index (χ1n) is 9.40. The van der Waals surface area contributed by atoms with Crippen LogP contribution < -0.4 is 14.8 Å². The van der Waals surface area contributed by atoms with Crippen LogP contribution >= 0.6 is 11.3 Å². The van der Waals surface area contributed by atoms with Crippen molar-refractivity contribution in [3.05, 3.63) is 65.4 Å². The Bertz CT molecular complexity index is 1090. The second-order valence-corrected chi connectivity index (χ2v) is 9.59. The fourth-order valence-electron chi connectivity index (χ4n) is 2.91. The van der Waals surface area contributed by atoms with E-state index >= 15 is 0 Å². The summed E-state index contributed by atoms with van der Waals surface area (Å²) in [6.07, 6.45) is 0. The third-order valence-corrected chi connectivity index (χ3v) is 6.73. The molecule has 6 nitrogen and oxygen atoms in total. The minimum Gasteiger partial charge on any atom is -0.497 e. The molecule has 0 aliphatic heterocycles. The number of anilines is 1. The molecule has 3 aromatic rings. The van der Waals surface area contributed by atoms with Crippen molar-refractivity contribution in [2.75, 3.05) is 12.4 Å². The van der Waals surface area contributed by atoms with Crippen LogP contribution in [0.25, 0.3) is 11.1 Å². The average molecular weight is 445 g/mol. The van der Waals surface area contributed by atoms with Crippen molar-refractivity contribution in [1.29, 1.82) is 0 Å². The lowest BCUT2D eigenvalue weighted by Crippen LogP contribution is -2.47. The Labute approximate surface area is 181 Å². The number of benzene rings is 2. The van der Waals surface area contributed by atoms with Gasteiger partial charge in [0.25, 0.3) is 0 Å². The number of carbonyl (C=O) groups is 1. The summed E-state index contributed by atoms with van der Waals surface area (Å²) in [7, 11) is -2.37. The molecule has 8 heteroatoms. The summed E-state index contributed by atoms with van der Waals surface area (Å²) in [5.41, 5.74) is 2.66. The Morgan fingerprint density at radius 3 is 2.37 bits per heavy atom. The fraction of sp³-hybridized carbons (Fsp3) is 0.227. The van der Waals surface area contributed by atoms with E-state index in [2.05, 4.69) is 10.0 Å². The summed E-state index contributed by atoms with van der Waals surface area (Å²) < 4.78 is 33.2. The van der Waals surface area contributed by atoms with Gasteiger partial charge in [0.05, 0.1) is 12.0 Å². The molecule has 2 N–H and O–H groups in total. The molecule has 0 unspecified atom stereocenters. The molecule has 3 rings (SSSR count). The molecule has 1 amide bonds.